The monoisotopic (exact) mass is 430 g/mol. The molecule has 0 aromatic heterocycles. The average molecular weight is 431 g/mol. The van der Waals surface area contributed by atoms with E-state index in [1.54, 1.807) is 23.9 Å². The zero-order chi connectivity index (χ0) is 20.3. The van der Waals surface area contributed by atoms with Crippen LogP contribution in [0.1, 0.15) is 12.8 Å². The topological polar surface area (TPSA) is 90.9 Å². The minimum atomic E-state index is -3.71. The average Bonchev–Trinajstić information content (AvgIpc) is 3.21. The molecule has 2 N–H and O–H groups in total. The molecule has 0 radical (unpaired) electrons. The highest BCUT2D eigenvalue weighted by atomic mass is 32.2. The Morgan fingerprint density at radius 2 is 2.03 bits per heavy atom. The van der Waals surface area contributed by atoms with Crippen LogP contribution in [0.2, 0.25) is 0 Å². The second-order valence-electron chi connectivity index (χ2n) is 6.85. The van der Waals surface area contributed by atoms with Crippen molar-refractivity contribution >= 4 is 44.9 Å². The van der Waals surface area contributed by atoms with E-state index in [2.05, 4.69) is 21.1 Å². The number of amidine groups is 1. The van der Waals surface area contributed by atoms with Gasteiger partial charge >= 0.3 is 0 Å². The third-order valence-electron chi connectivity index (χ3n) is 4.71. The molecule has 2 aliphatic rings. The molecule has 4 rings (SSSR count). The van der Waals surface area contributed by atoms with E-state index in [1.807, 2.05) is 23.1 Å². The van der Waals surface area contributed by atoms with Crippen molar-refractivity contribution in [1.82, 2.24) is 4.72 Å². The van der Waals surface area contributed by atoms with Crippen LogP contribution in [-0.2, 0) is 14.8 Å². The van der Waals surface area contributed by atoms with E-state index < -0.39 is 10.0 Å². The molecular formula is C20H22N4O3S2. The number of hydrogen-bond acceptors (Lipinski definition) is 6. The first-order valence-electron chi connectivity index (χ1n) is 9.44. The van der Waals surface area contributed by atoms with Crippen LogP contribution < -0.4 is 14.9 Å². The number of rotatable bonds is 5. The lowest BCUT2D eigenvalue weighted by molar-refractivity contribution is -0.115. The molecule has 2 aromatic carbocycles. The molecule has 0 atom stereocenters. The van der Waals surface area contributed by atoms with Crippen LogP contribution in [0.4, 0.5) is 11.4 Å². The molecule has 152 valence electrons. The van der Waals surface area contributed by atoms with Crippen LogP contribution in [0.25, 0.3) is 0 Å². The van der Waals surface area contributed by atoms with Crippen molar-refractivity contribution in [2.24, 2.45) is 4.99 Å². The summed E-state index contributed by atoms with van der Waals surface area (Å²) >= 11 is 1.78. The number of anilines is 2. The fourth-order valence-electron chi connectivity index (χ4n) is 3.34. The molecule has 0 spiro atoms. The fourth-order valence-corrected chi connectivity index (χ4v) is 5.53. The second kappa shape index (κ2) is 8.46. The molecule has 0 saturated carbocycles. The zero-order valence-electron chi connectivity index (χ0n) is 15.8. The lowest BCUT2D eigenvalue weighted by Gasteiger charge is -2.30. The Morgan fingerprint density at radius 1 is 1.17 bits per heavy atom. The van der Waals surface area contributed by atoms with Crippen molar-refractivity contribution in [3.05, 3.63) is 48.5 Å². The zero-order valence-corrected chi connectivity index (χ0v) is 17.4. The molecule has 0 aliphatic carbocycles. The Bertz CT molecular complexity index is 1050. The minimum absolute atomic E-state index is 0.101. The van der Waals surface area contributed by atoms with E-state index in [4.69, 9.17) is 0 Å². The van der Waals surface area contributed by atoms with Gasteiger partial charge in [0.2, 0.25) is 5.91 Å². The van der Waals surface area contributed by atoms with E-state index in [0.717, 1.165) is 24.4 Å². The van der Waals surface area contributed by atoms with Crippen molar-refractivity contribution in [1.29, 1.82) is 0 Å². The van der Waals surface area contributed by atoms with Gasteiger partial charge in [0, 0.05) is 35.8 Å². The summed E-state index contributed by atoms with van der Waals surface area (Å²) in [5, 5.41) is 2.82. The fraction of sp³-hybridized carbons (Fsp3) is 0.300. The minimum Gasteiger partial charge on any atom is -0.360 e. The molecule has 2 aromatic rings. The van der Waals surface area contributed by atoms with Gasteiger partial charge in [-0.3, -0.25) is 14.5 Å². The highest BCUT2D eigenvalue weighted by Gasteiger charge is 2.21. The van der Waals surface area contributed by atoms with Crippen LogP contribution in [-0.4, -0.2) is 45.5 Å². The molecule has 9 heteroatoms. The number of sulfonamides is 1. The highest BCUT2D eigenvalue weighted by molar-refractivity contribution is 7.99. The maximum Gasteiger partial charge on any atom is 0.262 e. The normalized spacial score (nSPS) is 16.1. The van der Waals surface area contributed by atoms with Gasteiger partial charge in [0.1, 0.15) is 5.84 Å². The molecule has 1 amide bonds. The molecule has 0 fully saturated rings. The molecule has 0 saturated heterocycles. The predicted molar refractivity (Wildman–Crippen MR) is 116 cm³/mol. The largest absolute Gasteiger partial charge is 0.360 e. The summed E-state index contributed by atoms with van der Waals surface area (Å²) < 4.78 is 27.7. The third-order valence-corrected chi connectivity index (χ3v) is 7.14. The van der Waals surface area contributed by atoms with Crippen molar-refractivity contribution < 1.29 is 13.2 Å². The number of nitrogens with zero attached hydrogens (tertiary/aromatic N) is 2. The van der Waals surface area contributed by atoms with Crippen LogP contribution in [0.5, 0.6) is 0 Å². The Labute approximate surface area is 174 Å². The molecule has 2 heterocycles. The van der Waals surface area contributed by atoms with E-state index in [-0.39, 0.29) is 17.3 Å². The number of carbonyl (C=O) groups is 1. The van der Waals surface area contributed by atoms with Crippen molar-refractivity contribution in [2.75, 3.05) is 35.6 Å². The predicted octanol–water partition coefficient (Wildman–Crippen LogP) is 2.71. The highest BCUT2D eigenvalue weighted by Crippen LogP contribution is 2.34. The van der Waals surface area contributed by atoms with Gasteiger partial charge in [-0.1, -0.05) is 18.2 Å². The number of aliphatic imine (C=N–C) groups is 1. The Balaban J connectivity index is 1.44. The van der Waals surface area contributed by atoms with Crippen LogP contribution in [0, 0.1) is 0 Å². The van der Waals surface area contributed by atoms with Crippen molar-refractivity contribution in [3.63, 3.8) is 0 Å². The number of nitrogens with one attached hydrogen (secondary N) is 2. The quantitative estimate of drug-likeness (QED) is 0.761. The number of thioether (sulfide) groups is 1. The maximum absolute atomic E-state index is 12.6. The summed E-state index contributed by atoms with van der Waals surface area (Å²) in [4.78, 5) is 20.0. The Hall–Kier alpha value is -2.52. The van der Waals surface area contributed by atoms with Crippen LogP contribution in [0.15, 0.2) is 63.3 Å². The lowest BCUT2D eigenvalue weighted by atomic mass is 10.2. The van der Waals surface area contributed by atoms with Gasteiger partial charge in [-0.15, -0.1) is 11.8 Å². The second-order valence-corrected chi connectivity index (χ2v) is 9.67. The summed E-state index contributed by atoms with van der Waals surface area (Å²) in [7, 11) is -3.71. The molecule has 0 unspecified atom stereocenters. The number of fused-ring (bicyclic) bond motifs is 1. The van der Waals surface area contributed by atoms with E-state index in [1.165, 1.54) is 17.0 Å². The summed E-state index contributed by atoms with van der Waals surface area (Å²) in [6, 6.07) is 14.3. The van der Waals surface area contributed by atoms with Gasteiger partial charge in [-0.05, 0) is 36.8 Å². The molecule has 0 bridgehead atoms. The summed E-state index contributed by atoms with van der Waals surface area (Å²) in [5.74, 6) is 1.23. The first kappa shape index (κ1) is 19.8. The van der Waals surface area contributed by atoms with Gasteiger partial charge in [0.15, 0.2) is 0 Å². The number of benzene rings is 2. The molecular weight excluding hydrogens is 408 g/mol. The summed E-state index contributed by atoms with van der Waals surface area (Å²) in [6.45, 7) is 1.64. The van der Waals surface area contributed by atoms with Gasteiger partial charge in [0.25, 0.3) is 10.0 Å². The van der Waals surface area contributed by atoms with Crippen molar-refractivity contribution in [3.8, 4) is 0 Å². The lowest BCUT2D eigenvalue weighted by Crippen LogP contribution is -2.36. The SMILES string of the molecule is O=C(CN1CCSc2ccccc21)Nc1cccc(S(=O)(=O)NC2=NCCC2)c1. The molecule has 29 heavy (non-hydrogen) atoms. The van der Waals surface area contributed by atoms with Crippen molar-refractivity contribution in [2.45, 2.75) is 22.6 Å². The number of para-hydroxylation sites is 1. The van der Waals surface area contributed by atoms with Crippen LogP contribution in [0.3, 0.4) is 0 Å². The first-order valence-corrected chi connectivity index (χ1v) is 11.9. The standard InChI is InChI=1S/C20H22N4O3S2/c25-20(14-24-11-12-28-18-8-2-1-7-17(18)24)22-15-5-3-6-16(13-15)29(26,27)23-19-9-4-10-21-19/h1-3,5-8,13H,4,9-12,14H2,(H,21,23)(H,22,25). The Kier molecular flexibility index (Phi) is 5.77. The van der Waals surface area contributed by atoms with Gasteiger partial charge in [0.05, 0.1) is 17.1 Å². The number of carbonyl (C=O) groups excluding carboxylic acids is 1. The first-order chi connectivity index (χ1) is 14.0. The van der Waals surface area contributed by atoms with Gasteiger partial charge < -0.3 is 10.2 Å². The molecule has 2 aliphatic heterocycles. The third kappa shape index (κ3) is 4.73. The maximum atomic E-state index is 12.6. The molecule has 7 nitrogen and oxygen atoms in total. The summed E-state index contributed by atoms with van der Waals surface area (Å²) in [5.41, 5.74) is 1.50. The van der Waals surface area contributed by atoms with E-state index in [9.17, 15) is 13.2 Å². The number of hydrogen-bond donors (Lipinski definition) is 2. The van der Waals surface area contributed by atoms with Gasteiger partial charge in [-0.25, -0.2) is 8.42 Å². The number of amides is 1. The summed E-state index contributed by atoms with van der Waals surface area (Å²) in [6.07, 6.45) is 1.48. The van der Waals surface area contributed by atoms with E-state index in [0.29, 0.717) is 24.5 Å². The van der Waals surface area contributed by atoms with Crippen LogP contribution >= 0.6 is 11.8 Å². The smallest absolute Gasteiger partial charge is 0.262 e. The van der Waals surface area contributed by atoms with Gasteiger partial charge in [-0.2, -0.15) is 0 Å². The Morgan fingerprint density at radius 3 is 2.86 bits per heavy atom. The van der Waals surface area contributed by atoms with E-state index >= 15 is 0 Å².